The Morgan fingerprint density at radius 1 is 1.62 bits per heavy atom. The zero-order valence-corrected chi connectivity index (χ0v) is 8.67. The van der Waals surface area contributed by atoms with E-state index in [4.69, 9.17) is 5.11 Å². The molecule has 0 aromatic carbocycles. The average molecular weight is 226 g/mol. The van der Waals surface area contributed by atoms with E-state index in [1.54, 1.807) is 14.1 Å². The molecular weight excluding hydrogens is 216 g/mol. The number of aromatic nitrogens is 1. The van der Waals surface area contributed by atoms with Crippen molar-refractivity contribution in [1.29, 1.82) is 0 Å². The minimum atomic E-state index is -1.26. The van der Waals surface area contributed by atoms with Crippen molar-refractivity contribution in [2.24, 2.45) is 0 Å². The number of carboxylic acids is 1. The molecule has 0 atom stereocenters. The highest BCUT2D eigenvalue weighted by molar-refractivity contribution is 5.88. The summed E-state index contributed by atoms with van der Waals surface area (Å²) in [6.45, 7) is 0. The highest BCUT2D eigenvalue weighted by Crippen LogP contribution is 2.22. The van der Waals surface area contributed by atoms with Gasteiger partial charge in [-0.05, 0) is 0 Å². The maximum Gasteiger partial charge on any atom is 0.337 e. The van der Waals surface area contributed by atoms with E-state index in [0.717, 1.165) is 12.3 Å². The van der Waals surface area contributed by atoms with Gasteiger partial charge in [0.25, 0.3) is 0 Å². The number of hydrazine groups is 1. The summed E-state index contributed by atoms with van der Waals surface area (Å²) in [5, 5.41) is 20.8. The van der Waals surface area contributed by atoms with Gasteiger partial charge in [0, 0.05) is 26.4 Å². The number of rotatable bonds is 4. The predicted molar refractivity (Wildman–Crippen MR) is 55.2 cm³/mol. The fourth-order valence-corrected chi connectivity index (χ4v) is 1.01. The number of nitrogens with one attached hydrogen (secondary N) is 1. The molecule has 1 aromatic heterocycles. The quantitative estimate of drug-likeness (QED) is 0.570. The molecule has 16 heavy (non-hydrogen) atoms. The number of hydrogen-bond donors (Lipinski definition) is 2. The zero-order chi connectivity index (χ0) is 12.3. The molecule has 0 spiro atoms. The molecule has 2 N–H and O–H groups in total. The number of hydrogen-bond acceptors (Lipinski definition) is 6. The molecule has 1 rings (SSSR count). The summed E-state index contributed by atoms with van der Waals surface area (Å²) in [5.74, 6) is -1.26. The van der Waals surface area contributed by atoms with E-state index in [1.165, 1.54) is 5.01 Å². The second-order valence-electron chi connectivity index (χ2n) is 3.16. The number of anilines is 1. The average Bonchev–Trinajstić information content (AvgIpc) is 2.16. The first-order valence-corrected chi connectivity index (χ1v) is 4.23. The van der Waals surface area contributed by atoms with Gasteiger partial charge in [-0.15, -0.1) is 0 Å². The van der Waals surface area contributed by atoms with Gasteiger partial charge in [-0.25, -0.2) is 14.8 Å². The Balaban J connectivity index is 3.19. The van der Waals surface area contributed by atoms with E-state index in [9.17, 15) is 14.9 Å². The Bertz CT molecular complexity index is 432. The van der Waals surface area contributed by atoms with Crippen LogP contribution in [0, 0.1) is 10.1 Å². The normalized spacial score (nSPS) is 10.2. The molecule has 8 heteroatoms. The maximum atomic E-state index is 10.7. The fraction of sp³-hybridized carbons (Fsp3) is 0.250. The lowest BCUT2D eigenvalue weighted by atomic mass is 10.2. The van der Waals surface area contributed by atoms with Gasteiger partial charge < -0.3 is 5.11 Å². The molecular formula is C8H10N4O4. The van der Waals surface area contributed by atoms with Crippen molar-refractivity contribution in [1.82, 2.24) is 9.99 Å². The van der Waals surface area contributed by atoms with E-state index < -0.39 is 10.9 Å². The highest BCUT2D eigenvalue weighted by Gasteiger charge is 2.18. The third kappa shape index (κ3) is 2.64. The molecule has 0 aliphatic carbocycles. The van der Waals surface area contributed by atoms with Crippen LogP contribution in [0.2, 0.25) is 0 Å². The molecule has 86 valence electrons. The number of carbonyl (C=O) groups is 1. The van der Waals surface area contributed by atoms with E-state index in [0.29, 0.717) is 0 Å². The van der Waals surface area contributed by atoms with Gasteiger partial charge >= 0.3 is 11.7 Å². The van der Waals surface area contributed by atoms with Crippen LogP contribution < -0.4 is 5.43 Å². The number of carboxylic acid groups (broad SMARTS) is 1. The van der Waals surface area contributed by atoms with E-state index in [-0.39, 0.29) is 17.1 Å². The summed E-state index contributed by atoms with van der Waals surface area (Å²) in [7, 11) is 3.27. The Labute approximate surface area is 90.6 Å². The van der Waals surface area contributed by atoms with Crippen molar-refractivity contribution >= 4 is 17.5 Å². The molecule has 1 aromatic rings. The van der Waals surface area contributed by atoms with Gasteiger partial charge in [-0.1, -0.05) is 0 Å². The molecule has 0 aliphatic heterocycles. The lowest BCUT2D eigenvalue weighted by molar-refractivity contribution is -0.384. The standard InChI is InChI=1S/C8H10N4O4/c1-11(2)10-7-6(12(15)16)3-5(4-9-7)8(13)14/h3-4H,1-2H3,(H,9,10)(H,13,14). The molecule has 0 bridgehead atoms. The van der Waals surface area contributed by atoms with E-state index >= 15 is 0 Å². The third-order valence-electron chi connectivity index (χ3n) is 1.64. The van der Waals surface area contributed by atoms with Crippen molar-refractivity contribution in [2.75, 3.05) is 19.5 Å². The summed E-state index contributed by atoms with van der Waals surface area (Å²) in [5.41, 5.74) is 2.00. The fourth-order valence-electron chi connectivity index (χ4n) is 1.01. The molecule has 0 saturated heterocycles. The first-order valence-electron chi connectivity index (χ1n) is 4.23. The van der Waals surface area contributed by atoms with E-state index in [1.807, 2.05) is 0 Å². The predicted octanol–water partition coefficient (Wildman–Crippen LogP) is 0.576. The Hall–Kier alpha value is -2.22. The van der Waals surface area contributed by atoms with Gasteiger partial charge in [-0.2, -0.15) is 0 Å². The summed E-state index contributed by atoms with van der Waals surface area (Å²) in [6, 6.07) is 0.959. The molecule has 0 aliphatic rings. The van der Waals surface area contributed by atoms with Crippen molar-refractivity contribution in [3.63, 3.8) is 0 Å². The number of nitrogens with zero attached hydrogens (tertiary/aromatic N) is 3. The smallest absolute Gasteiger partial charge is 0.337 e. The van der Waals surface area contributed by atoms with Crippen LogP contribution in [0.3, 0.4) is 0 Å². The largest absolute Gasteiger partial charge is 0.478 e. The highest BCUT2D eigenvalue weighted by atomic mass is 16.6. The van der Waals surface area contributed by atoms with Crippen LogP contribution in [-0.2, 0) is 0 Å². The second kappa shape index (κ2) is 4.53. The van der Waals surface area contributed by atoms with Crippen LogP contribution >= 0.6 is 0 Å². The van der Waals surface area contributed by atoms with Crippen molar-refractivity contribution in [3.8, 4) is 0 Å². The molecule has 0 radical (unpaired) electrons. The van der Waals surface area contributed by atoms with E-state index in [2.05, 4.69) is 10.4 Å². The van der Waals surface area contributed by atoms with Crippen molar-refractivity contribution in [3.05, 3.63) is 27.9 Å². The molecule has 0 unspecified atom stereocenters. The Kier molecular flexibility index (Phi) is 3.36. The number of nitro groups is 1. The first-order chi connectivity index (χ1) is 7.41. The van der Waals surface area contributed by atoms with Crippen LogP contribution in [0.4, 0.5) is 11.5 Å². The number of aromatic carboxylic acids is 1. The number of pyridine rings is 1. The molecule has 1 heterocycles. The van der Waals surface area contributed by atoms with Crippen LogP contribution in [0.25, 0.3) is 0 Å². The Morgan fingerprint density at radius 2 is 2.25 bits per heavy atom. The van der Waals surface area contributed by atoms with Crippen molar-refractivity contribution < 1.29 is 14.8 Å². The molecule has 8 nitrogen and oxygen atoms in total. The van der Waals surface area contributed by atoms with Crippen molar-refractivity contribution in [2.45, 2.75) is 0 Å². The lowest BCUT2D eigenvalue weighted by Gasteiger charge is -2.12. The molecule has 0 fully saturated rings. The minimum absolute atomic E-state index is 0.000000000000000444. The minimum Gasteiger partial charge on any atom is -0.478 e. The third-order valence-corrected chi connectivity index (χ3v) is 1.64. The topological polar surface area (TPSA) is 109 Å². The van der Waals surface area contributed by atoms with Gasteiger partial charge in [0.15, 0.2) is 0 Å². The van der Waals surface area contributed by atoms with Gasteiger partial charge in [0.05, 0.1) is 10.5 Å². The monoisotopic (exact) mass is 226 g/mol. The van der Waals surface area contributed by atoms with Crippen LogP contribution in [-0.4, -0.2) is 40.1 Å². The maximum absolute atomic E-state index is 10.7. The first kappa shape index (κ1) is 11.9. The molecule has 0 amide bonds. The van der Waals surface area contributed by atoms with Crippen LogP contribution in [0.1, 0.15) is 10.4 Å². The Morgan fingerprint density at radius 3 is 2.69 bits per heavy atom. The summed E-state index contributed by atoms with van der Waals surface area (Å²) >= 11 is 0. The second-order valence-corrected chi connectivity index (χ2v) is 3.16. The van der Waals surface area contributed by atoms with Crippen LogP contribution in [0.15, 0.2) is 12.3 Å². The summed E-state index contributed by atoms with van der Waals surface area (Å²) in [6.07, 6.45) is 1.06. The summed E-state index contributed by atoms with van der Waals surface area (Å²) in [4.78, 5) is 24.3. The van der Waals surface area contributed by atoms with Gasteiger partial charge in [0.1, 0.15) is 0 Å². The molecule has 0 saturated carbocycles. The lowest BCUT2D eigenvalue weighted by Crippen LogP contribution is -2.21. The summed E-state index contributed by atoms with van der Waals surface area (Å²) < 4.78 is 0. The SMILES string of the molecule is CN(C)Nc1ncc(C(=O)O)cc1[N+](=O)[O-]. The van der Waals surface area contributed by atoms with Gasteiger partial charge in [0.2, 0.25) is 5.82 Å². The van der Waals surface area contributed by atoms with Crippen LogP contribution in [0.5, 0.6) is 0 Å². The van der Waals surface area contributed by atoms with Gasteiger partial charge in [-0.3, -0.25) is 15.5 Å². The zero-order valence-electron chi connectivity index (χ0n) is 8.67.